The molecule has 1 aliphatic carbocycles. The predicted molar refractivity (Wildman–Crippen MR) is 92.5 cm³/mol. The van der Waals surface area contributed by atoms with Gasteiger partial charge in [-0.15, -0.1) is 0 Å². The second-order valence-corrected chi connectivity index (χ2v) is 6.44. The fourth-order valence-electron chi connectivity index (χ4n) is 3.21. The fraction of sp³-hybridized carbons (Fsp3) is 0.647. The summed E-state index contributed by atoms with van der Waals surface area (Å²) in [4.78, 5) is 49.7. The van der Waals surface area contributed by atoms with Crippen molar-refractivity contribution in [2.24, 2.45) is 5.92 Å². The molecule has 1 aromatic rings. The Kier molecular flexibility index (Phi) is 6.55. The highest BCUT2D eigenvalue weighted by Crippen LogP contribution is 2.28. The van der Waals surface area contributed by atoms with Gasteiger partial charge in [0.1, 0.15) is 11.4 Å². The van der Waals surface area contributed by atoms with E-state index < -0.39 is 29.6 Å². The summed E-state index contributed by atoms with van der Waals surface area (Å²) in [5, 5.41) is 0. The molecule has 8 nitrogen and oxygen atoms in total. The van der Waals surface area contributed by atoms with Gasteiger partial charge >= 0.3 is 11.7 Å². The smallest absolute Gasteiger partial charge is 0.329 e. The van der Waals surface area contributed by atoms with Crippen LogP contribution in [0.3, 0.4) is 0 Å². The molecule has 0 atom stereocenters. The normalized spacial score (nSPS) is 14.6. The number of carbonyl (C=O) groups excluding carboxylic acids is 2. The van der Waals surface area contributed by atoms with E-state index >= 15 is 0 Å². The molecular weight excluding hydrogens is 326 g/mol. The minimum Gasteiger partial charge on any atom is -0.457 e. The number of hydrogen-bond acceptors (Lipinski definition) is 6. The van der Waals surface area contributed by atoms with Gasteiger partial charge in [0.25, 0.3) is 5.56 Å². The molecular formula is C17H25N3O5. The van der Waals surface area contributed by atoms with Crippen LogP contribution in [-0.2, 0) is 16.1 Å². The summed E-state index contributed by atoms with van der Waals surface area (Å²) in [6.45, 7) is 1.56. The number of Topliss-reactive ketones (excluding diaryl/α,β-unsaturated/α-hetero) is 1. The number of aromatic amines is 1. The number of nitrogens with two attached hydrogens (primary N) is 1. The number of carbonyl (C=O) groups is 2. The summed E-state index contributed by atoms with van der Waals surface area (Å²) in [6, 6.07) is 0. The summed E-state index contributed by atoms with van der Waals surface area (Å²) in [7, 11) is 0. The molecule has 138 valence electrons. The Morgan fingerprint density at radius 2 is 1.96 bits per heavy atom. The minimum absolute atomic E-state index is 0.192. The Bertz CT molecular complexity index is 744. The van der Waals surface area contributed by atoms with Crippen LogP contribution in [0.2, 0.25) is 0 Å². The van der Waals surface area contributed by atoms with Crippen molar-refractivity contribution in [2.75, 3.05) is 12.3 Å². The maximum absolute atomic E-state index is 12.2. The van der Waals surface area contributed by atoms with Crippen molar-refractivity contribution in [2.45, 2.75) is 58.4 Å². The number of hydrogen-bond donors (Lipinski definition) is 2. The third-order valence-corrected chi connectivity index (χ3v) is 4.56. The summed E-state index contributed by atoms with van der Waals surface area (Å²) >= 11 is 0. The van der Waals surface area contributed by atoms with Crippen LogP contribution in [0.25, 0.3) is 0 Å². The van der Waals surface area contributed by atoms with Crippen LogP contribution >= 0.6 is 0 Å². The maximum Gasteiger partial charge on any atom is 0.329 e. The van der Waals surface area contributed by atoms with E-state index in [1.54, 1.807) is 0 Å². The van der Waals surface area contributed by atoms with Crippen molar-refractivity contribution < 1.29 is 14.3 Å². The molecule has 1 aliphatic rings. The average molecular weight is 351 g/mol. The van der Waals surface area contributed by atoms with Gasteiger partial charge in [0.15, 0.2) is 6.61 Å². The van der Waals surface area contributed by atoms with Crippen LogP contribution < -0.4 is 17.0 Å². The van der Waals surface area contributed by atoms with E-state index in [0.29, 0.717) is 12.3 Å². The van der Waals surface area contributed by atoms with Gasteiger partial charge < -0.3 is 10.5 Å². The fourth-order valence-corrected chi connectivity index (χ4v) is 3.21. The largest absolute Gasteiger partial charge is 0.457 e. The maximum atomic E-state index is 12.2. The van der Waals surface area contributed by atoms with Gasteiger partial charge in [-0.3, -0.25) is 23.9 Å². The number of rotatable bonds is 8. The quantitative estimate of drug-likeness (QED) is 0.536. The zero-order valence-corrected chi connectivity index (χ0v) is 14.5. The molecule has 0 saturated heterocycles. The Morgan fingerprint density at radius 3 is 2.60 bits per heavy atom. The molecule has 0 aromatic carbocycles. The van der Waals surface area contributed by atoms with Crippen molar-refractivity contribution in [1.29, 1.82) is 0 Å². The molecule has 0 aliphatic heterocycles. The number of nitrogens with zero attached hydrogens (tertiary/aromatic N) is 1. The summed E-state index contributed by atoms with van der Waals surface area (Å²) in [5.41, 5.74) is 3.95. The third kappa shape index (κ3) is 4.80. The molecule has 1 saturated carbocycles. The van der Waals surface area contributed by atoms with Gasteiger partial charge in [0.05, 0.1) is 0 Å². The first kappa shape index (κ1) is 19.0. The molecule has 0 spiro atoms. The SMILES string of the molecule is CCCn1c(N)c(C(=O)COC(=O)CCC2CCCC2)c(=O)[nH]c1=O. The average Bonchev–Trinajstić information content (AvgIpc) is 3.08. The first-order valence-electron chi connectivity index (χ1n) is 8.75. The molecule has 8 heteroatoms. The van der Waals surface area contributed by atoms with Gasteiger partial charge in [-0.2, -0.15) is 0 Å². The van der Waals surface area contributed by atoms with Crippen LogP contribution in [0.15, 0.2) is 9.59 Å². The molecule has 1 heterocycles. The van der Waals surface area contributed by atoms with E-state index in [1.165, 1.54) is 12.8 Å². The zero-order chi connectivity index (χ0) is 18.4. The van der Waals surface area contributed by atoms with Crippen molar-refractivity contribution in [3.63, 3.8) is 0 Å². The second-order valence-electron chi connectivity index (χ2n) is 6.44. The number of ether oxygens (including phenoxy) is 1. The number of anilines is 1. The number of nitrogen functional groups attached to an aromatic ring is 1. The van der Waals surface area contributed by atoms with Crippen molar-refractivity contribution in [1.82, 2.24) is 9.55 Å². The number of nitrogens with one attached hydrogen (secondary N) is 1. The van der Waals surface area contributed by atoms with Crippen LogP contribution in [0.1, 0.15) is 62.2 Å². The molecule has 0 radical (unpaired) electrons. The molecule has 25 heavy (non-hydrogen) atoms. The lowest BCUT2D eigenvalue weighted by Gasteiger charge is -2.11. The van der Waals surface area contributed by atoms with Crippen LogP contribution in [-0.4, -0.2) is 27.9 Å². The first-order valence-corrected chi connectivity index (χ1v) is 8.75. The molecule has 1 aromatic heterocycles. The van der Waals surface area contributed by atoms with Crippen molar-refractivity contribution in [3.05, 3.63) is 26.4 Å². The second kappa shape index (κ2) is 8.64. The third-order valence-electron chi connectivity index (χ3n) is 4.56. The molecule has 1 fully saturated rings. The van der Waals surface area contributed by atoms with E-state index in [-0.39, 0.29) is 24.3 Å². The Morgan fingerprint density at radius 1 is 1.28 bits per heavy atom. The molecule has 3 N–H and O–H groups in total. The lowest BCUT2D eigenvalue weighted by atomic mass is 10.0. The highest BCUT2D eigenvalue weighted by molar-refractivity contribution is 6.01. The lowest BCUT2D eigenvalue weighted by molar-refractivity contribution is -0.142. The monoisotopic (exact) mass is 351 g/mol. The van der Waals surface area contributed by atoms with Crippen LogP contribution in [0.4, 0.5) is 5.82 Å². The van der Waals surface area contributed by atoms with E-state index in [2.05, 4.69) is 4.98 Å². The highest BCUT2D eigenvalue weighted by atomic mass is 16.5. The van der Waals surface area contributed by atoms with Crippen LogP contribution in [0, 0.1) is 5.92 Å². The minimum atomic E-state index is -0.859. The van der Waals surface area contributed by atoms with E-state index in [9.17, 15) is 19.2 Å². The molecule has 2 rings (SSSR count). The molecule has 0 amide bonds. The Hall–Kier alpha value is -2.38. The summed E-state index contributed by atoms with van der Waals surface area (Å²) in [6.07, 6.45) is 6.31. The van der Waals surface area contributed by atoms with Crippen molar-refractivity contribution >= 4 is 17.6 Å². The Balaban J connectivity index is 1.98. The topological polar surface area (TPSA) is 124 Å². The summed E-state index contributed by atoms with van der Waals surface area (Å²) < 4.78 is 6.11. The summed E-state index contributed by atoms with van der Waals surface area (Å²) in [5.74, 6) is -0.808. The zero-order valence-electron chi connectivity index (χ0n) is 14.5. The van der Waals surface area contributed by atoms with Crippen molar-refractivity contribution in [3.8, 4) is 0 Å². The first-order chi connectivity index (χ1) is 11.9. The van der Waals surface area contributed by atoms with E-state index in [0.717, 1.165) is 23.8 Å². The lowest BCUT2D eigenvalue weighted by Crippen LogP contribution is -2.37. The van der Waals surface area contributed by atoms with Gasteiger partial charge in [-0.05, 0) is 18.8 Å². The van der Waals surface area contributed by atoms with Gasteiger partial charge in [-0.25, -0.2) is 4.79 Å². The van der Waals surface area contributed by atoms with Gasteiger partial charge in [0, 0.05) is 13.0 Å². The van der Waals surface area contributed by atoms with Crippen LogP contribution in [0.5, 0.6) is 0 Å². The Labute approximate surface area is 145 Å². The van der Waals surface area contributed by atoms with Gasteiger partial charge in [0.2, 0.25) is 5.78 Å². The molecule has 0 bridgehead atoms. The highest BCUT2D eigenvalue weighted by Gasteiger charge is 2.21. The van der Waals surface area contributed by atoms with E-state index in [4.69, 9.17) is 10.5 Å². The number of H-pyrrole nitrogens is 1. The number of esters is 1. The van der Waals surface area contributed by atoms with E-state index in [1.807, 2.05) is 6.92 Å². The number of ketones is 1. The molecule has 0 unspecified atom stereocenters. The number of aromatic nitrogens is 2. The standard InChI is InChI=1S/C17H25N3O5/c1-2-9-20-15(18)14(16(23)19-17(20)24)12(21)10-25-13(22)8-7-11-5-3-4-6-11/h11H,2-10,18H2,1H3,(H,19,23,24). The predicted octanol–water partition coefficient (Wildman–Crippen LogP) is 1.23. The van der Waals surface area contributed by atoms with Gasteiger partial charge in [-0.1, -0.05) is 32.6 Å².